The van der Waals surface area contributed by atoms with Gasteiger partial charge in [0.2, 0.25) is 0 Å². The van der Waals surface area contributed by atoms with Crippen LogP contribution in [0.25, 0.3) is 0 Å². The second-order valence-electron chi connectivity index (χ2n) is 4.95. The van der Waals surface area contributed by atoms with Gasteiger partial charge in [-0.25, -0.2) is 4.39 Å². The summed E-state index contributed by atoms with van der Waals surface area (Å²) in [6, 6.07) is 4.31. The number of ether oxygens (including phenoxy) is 1. The van der Waals surface area contributed by atoms with Crippen LogP contribution in [0, 0.1) is 11.7 Å². The molecule has 5 heteroatoms. The fourth-order valence-corrected chi connectivity index (χ4v) is 2.40. The summed E-state index contributed by atoms with van der Waals surface area (Å²) in [5.74, 6) is 0.148. The Labute approximate surface area is 112 Å². The number of rotatable bonds is 4. The lowest BCUT2D eigenvalue weighted by molar-refractivity contribution is 0.202. The molecule has 104 valence electrons. The molecule has 3 N–H and O–H groups in total. The summed E-state index contributed by atoms with van der Waals surface area (Å²) in [7, 11) is 0. The molecule has 0 radical (unpaired) electrons. The SMILES string of the molecule is NC(=NO)c1ccc(OCC2CCCCC2)c(F)c1. The molecule has 0 bridgehead atoms. The molecule has 0 aromatic heterocycles. The number of nitrogens with two attached hydrogens (primary N) is 1. The van der Waals surface area contributed by atoms with Crippen LogP contribution in [0.2, 0.25) is 0 Å². The third-order valence-electron chi connectivity index (χ3n) is 3.53. The van der Waals surface area contributed by atoms with Crippen molar-refractivity contribution in [1.82, 2.24) is 0 Å². The van der Waals surface area contributed by atoms with Crippen molar-refractivity contribution < 1.29 is 14.3 Å². The van der Waals surface area contributed by atoms with Crippen molar-refractivity contribution in [3.63, 3.8) is 0 Å². The average molecular weight is 266 g/mol. The van der Waals surface area contributed by atoms with Crippen molar-refractivity contribution in [3.05, 3.63) is 29.6 Å². The topological polar surface area (TPSA) is 67.8 Å². The highest BCUT2D eigenvalue weighted by molar-refractivity contribution is 5.97. The second kappa shape index (κ2) is 6.41. The molecule has 0 spiro atoms. The molecule has 19 heavy (non-hydrogen) atoms. The molecule has 1 aromatic carbocycles. The molecule has 1 aliphatic carbocycles. The highest BCUT2D eigenvalue weighted by atomic mass is 19.1. The maximum Gasteiger partial charge on any atom is 0.170 e. The molecule has 4 nitrogen and oxygen atoms in total. The molecule has 0 heterocycles. The van der Waals surface area contributed by atoms with Crippen molar-refractivity contribution in [2.45, 2.75) is 32.1 Å². The van der Waals surface area contributed by atoms with Crippen molar-refractivity contribution in [3.8, 4) is 5.75 Å². The summed E-state index contributed by atoms with van der Waals surface area (Å²) in [5, 5.41) is 11.4. The third-order valence-corrected chi connectivity index (χ3v) is 3.53. The quantitative estimate of drug-likeness (QED) is 0.381. The zero-order valence-corrected chi connectivity index (χ0v) is 10.8. The molecular weight excluding hydrogens is 247 g/mol. The van der Waals surface area contributed by atoms with Gasteiger partial charge in [0.25, 0.3) is 0 Å². The normalized spacial score (nSPS) is 17.4. The van der Waals surface area contributed by atoms with Crippen molar-refractivity contribution in [2.24, 2.45) is 16.8 Å². The van der Waals surface area contributed by atoms with Crippen molar-refractivity contribution in [2.75, 3.05) is 6.61 Å². The van der Waals surface area contributed by atoms with Crippen molar-refractivity contribution >= 4 is 5.84 Å². The van der Waals surface area contributed by atoms with Gasteiger partial charge in [0.1, 0.15) is 0 Å². The lowest BCUT2D eigenvalue weighted by atomic mass is 9.90. The van der Waals surface area contributed by atoms with Gasteiger partial charge in [0, 0.05) is 5.56 Å². The van der Waals surface area contributed by atoms with E-state index in [4.69, 9.17) is 15.7 Å². The highest BCUT2D eigenvalue weighted by Gasteiger charge is 2.15. The summed E-state index contributed by atoms with van der Waals surface area (Å²) in [4.78, 5) is 0. The fraction of sp³-hybridized carbons (Fsp3) is 0.500. The zero-order valence-electron chi connectivity index (χ0n) is 10.8. The van der Waals surface area contributed by atoms with Crippen LogP contribution in [-0.2, 0) is 0 Å². The number of amidine groups is 1. The first-order chi connectivity index (χ1) is 9.20. The van der Waals surface area contributed by atoms with Crippen LogP contribution < -0.4 is 10.5 Å². The number of hydrogen-bond donors (Lipinski definition) is 2. The number of nitrogens with zero attached hydrogens (tertiary/aromatic N) is 1. The Morgan fingerprint density at radius 1 is 1.37 bits per heavy atom. The van der Waals surface area contributed by atoms with E-state index in [2.05, 4.69) is 5.16 Å². The monoisotopic (exact) mass is 266 g/mol. The van der Waals surface area contributed by atoms with Gasteiger partial charge in [-0.1, -0.05) is 24.4 Å². The molecule has 0 atom stereocenters. The summed E-state index contributed by atoms with van der Waals surface area (Å²) in [6.07, 6.45) is 6.07. The van der Waals surface area contributed by atoms with Crippen LogP contribution >= 0.6 is 0 Å². The Kier molecular flexibility index (Phi) is 4.60. The first-order valence-corrected chi connectivity index (χ1v) is 6.61. The van der Waals surface area contributed by atoms with E-state index < -0.39 is 5.82 Å². The lowest BCUT2D eigenvalue weighted by Gasteiger charge is -2.21. The molecule has 1 aromatic rings. The van der Waals surface area contributed by atoms with Crippen LogP contribution in [0.4, 0.5) is 4.39 Å². The number of halogens is 1. The van der Waals surface area contributed by atoms with E-state index >= 15 is 0 Å². The molecule has 0 aliphatic heterocycles. The van der Waals surface area contributed by atoms with Crippen LogP contribution in [0.5, 0.6) is 5.75 Å². The van der Waals surface area contributed by atoms with Gasteiger partial charge in [-0.2, -0.15) is 0 Å². The van der Waals surface area contributed by atoms with Gasteiger partial charge >= 0.3 is 0 Å². The molecule has 1 aliphatic rings. The average Bonchev–Trinajstić information content (AvgIpc) is 2.46. The minimum absolute atomic E-state index is 0.113. The summed E-state index contributed by atoms with van der Waals surface area (Å²) < 4.78 is 19.3. The summed E-state index contributed by atoms with van der Waals surface area (Å²) in [6.45, 7) is 0.555. The van der Waals surface area contributed by atoms with E-state index in [0.29, 0.717) is 18.1 Å². The van der Waals surface area contributed by atoms with Gasteiger partial charge in [-0.05, 0) is 37.0 Å². The van der Waals surface area contributed by atoms with E-state index in [0.717, 1.165) is 12.8 Å². The van der Waals surface area contributed by atoms with E-state index in [1.807, 2.05) is 0 Å². The molecule has 1 fully saturated rings. The fourth-order valence-electron chi connectivity index (χ4n) is 2.40. The van der Waals surface area contributed by atoms with E-state index in [1.165, 1.54) is 31.4 Å². The van der Waals surface area contributed by atoms with Gasteiger partial charge < -0.3 is 15.7 Å². The van der Waals surface area contributed by atoms with E-state index in [1.54, 1.807) is 6.07 Å². The van der Waals surface area contributed by atoms with Crippen LogP contribution in [0.15, 0.2) is 23.4 Å². The van der Waals surface area contributed by atoms with Crippen LogP contribution in [0.3, 0.4) is 0 Å². The Morgan fingerprint density at radius 3 is 2.74 bits per heavy atom. The predicted molar refractivity (Wildman–Crippen MR) is 71.0 cm³/mol. The maximum absolute atomic E-state index is 13.8. The van der Waals surface area contributed by atoms with Gasteiger partial charge in [0.15, 0.2) is 17.4 Å². The van der Waals surface area contributed by atoms with E-state index in [-0.39, 0.29) is 11.6 Å². The molecule has 0 amide bonds. The number of benzene rings is 1. The largest absolute Gasteiger partial charge is 0.490 e. The molecule has 1 saturated carbocycles. The predicted octanol–water partition coefficient (Wildman–Crippen LogP) is 2.88. The Hall–Kier alpha value is -1.78. The Balaban J connectivity index is 1.97. The van der Waals surface area contributed by atoms with Gasteiger partial charge in [-0.3, -0.25) is 0 Å². The summed E-state index contributed by atoms with van der Waals surface area (Å²) in [5.41, 5.74) is 5.73. The first kappa shape index (κ1) is 13.6. The Morgan fingerprint density at radius 2 is 2.11 bits per heavy atom. The highest BCUT2D eigenvalue weighted by Crippen LogP contribution is 2.25. The van der Waals surface area contributed by atoms with Crippen LogP contribution in [-0.4, -0.2) is 17.6 Å². The molecule has 2 rings (SSSR count). The van der Waals surface area contributed by atoms with Crippen molar-refractivity contribution in [1.29, 1.82) is 0 Å². The maximum atomic E-state index is 13.8. The minimum atomic E-state index is -0.486. The van der Waals surface area contributed by atoms with Crippen LogP contribution in [0.1, 0.15) is 37.7 Å². The number of hydrogen-bond acceptors (Lipinski definition) is 3. The third kappa shape index (κ3) is 3.59. The molecule has 0 unspecified atom stereocenters. The minimum Gasteiger partial charge on any atom is -0.490 e. The van der Waals surface area contributed by atoms with E-state index in [9.17, 15) is 4.39 Å². The zero-order chi connectivity index (χ0) is 13.7. The Bertz CT molecular complexity index is 457. The van der Waals surface area contributed by atoms with Gasteiger partial charge in [-0.15, -0.1) is 0 Å². The standard InChI is InChI=1S/C14H19FN2O2/c15-12-8-11(14(16)17-18)6-7-13(12)19-9-10-4-2-1-3-5-10/h6-8,10,18H,1-5,9H2,(H2,16,17). The smallest absolute Gasteiger partial charge is 0.170 e. The summed E-state index contributed by atoms with van der Waals surface area (Å²) >= 11 is 0. The first-order valence-electron chi connectivity index (χ1n) is 6.61. The number of oxime groups is 1. The second-order valence-corrected chi connectivity index (χ2v) is 4.95. The molecule has 0 saturated heterocycles. The lowest BCUT2D eigenvalue weighted by Crippen LogP contribution is -2.16. The molecular formula is C14H19FN2O2. The van der Waals surface area contributed by atoms with Gasteiger partial charge in [0.05, 0.1) is 6.61 Å².